The Balaban J connectivity index is 1.49. The Morgan fingerprint density at radius 2 is 1.77 bits per heavy atom. The molecule has 8 nitrogen and oxygen atoms in total. The van der Waals surface area contributed by atoms with Crippen LogP contribution in [0, 0.1) is 18.7 Å². The highest BCUT2D eigenvalue weighted by atomic mass is 19.3. The van der Waals surface area contributed by atoms with Crippen molar-refractivity contribution in [3.8, 4) is 11.5 Å². The van der Waals surface area contributed by atoms with Gasteiger partial charge in [-0.3, -0.25) is 14.4 Å². The van der Waals surface area contributed by atoms with Crippen molar-refractivity contribution in [1.29, 1.82) is 0 Å². The number of pyridine rings is 1. The predicted octanol–water partition coefficient (Wildman–Crippen LogP) is 4.24. The number of rotatable bonds is 9. The molecule has 5 rings (SSSR count). The van der Waals surface area contributed by atoms with Crippen LogP contribution in [0.4, 0.5) is 18.9 Å². The summed E-state index contributed by atoms with van der Waals surface area (Å²) in [6.45, 7) is -0.783. The van der Waals surface area contributed by atoms with Gasteiger partial charge in [-0.25, -0.2) is 4.39 Å². The molecule has 1 unspecified atom stereocenters. The average molecular weight is 556 g/mol. The van der Waals surface area contributed by atoms with Gasteiger partial charge in [0.05, 0.1) is 7.11 Å². The van der Waals surface area contributed by atoms with Crippen molar-refractivity contribution in [1.82, 2.24) is 9.88 Å². The fourth-order valence-corrected chi connectivity index (χ4v) is 5.03. The molecule has 1 saturated carbocycles. The van der Waals surface area contributed by atoms with E-state index >= 15 is 4.39 Å². The van der Waals surface area contributed by atoms with Crippen LogP contribution in [0.15, 0.2) is 59.5 Å². The lowest BCUT2D eigenvalue weighted by atomic mass is 9.93. The number of amides is 2. The van der Waals surface area contributed by atoms with Crippen molar-refractivity contribution >= 4 is 17.5 Å². The van der Waals surface area contributed by atoms with Crippen molar-refractivity contribution in [2.75, 3.05) is 18.6 Å². The number of carbonyl (C=O) groups is 2. The molecule has 0 radical (unpaired) electrons. The fourth-order valence-electron chi connectivity index (χ4n) is 5.03. The number of nitrogens with one attached hydrogen (secondary N) is 1. The lowest BCUT2D eigenvalue weighted by Gasteiger charge is -2.20. The number of hydrogen-bond acceptors (Lipinski definition) is 5. The lowest BCUT2D eigenvalue weighted by molar-refractivity contribution is -0.118. The molecule has 0 bridgehead atoms. The quantitative estimate of drug-likeness (QED) is 0.427. The van der Waals surface area contributed by atoms with Crippen molar-refractivity contribution in [3.05, 3.63) is 87.6 Å². The Morgan fingerprint density at radius 1 is 1.07 bits per heavy atom. The van der Waals surface area contributed by atoms with E-state index in [0.29, 0.717) is 18.0 Å². The number of benzene rings is 2. The van der Waals surface area contributed by atoms with Crippen molar-refractivity contribution in [2.24, 2.45) is 5.92 Å². The molecule has 40 heavy (non-hydrogen) atoms. The second kappa shape index (κ2) is 11.1. The zero-order valence-corrected chi connectivity index (χ0v) is 21.9. The third-order valence-electron chi connectivity index (χ3n) is 7.31. The molecular weight excluding hydrogens is 527 g/mol. The van der Waals surface area contributed by atoms with E-state index in [1.807, 2.05) is 0 Å². The van der Waals surface area contributed by atoms with E-state index in [1.165, 1.54) is 48.4 Å². The molecule has 1 aliphatic heterocycles. The first-order valence-corrected chi connectivity index (χ1v) is 12.9. The maximum atomic E-state index is 15.2. The minimum atomic E-state index is -3.02. The molecule has 11 heteroatoms. The van der Waals surface area contributed by atoms with E-state index in [0.717, 1.165) is 12.8 Å². The minimum absolute atomic E-state index is 0.0439. The van der Waals surface area contributed by atoms with Gasteiger partial charge in [-0.05, 0) is 73.2 Å². The molecule has 1 aromatic heterocycles. The summed E-state index contributed by atoms with van der Waals surface area (Å²) in [4.78, 5) is 41.8. The van der Waals surface area contributed by atoms with Gasteiger partial charge in [-0.1, -0.05) is 6.07 Å². The third kappa shape index (κ3) is 5.54. The summed E-state index contributed by atoms with van der Waals surface area (Å²) in [6, 6.07) is 9.79. The van der Waals surface area contributed by atoms with Crippen LogP contribution in [0.2, 0.25) is 0 Å². The highest BCUT2D eigenvalue weighted by molar-refractivity contribution is 6.05. The Labute approximate surface area is 228 Å². The smallest absolute Gasteiger partial charge is 0.387 e. The highest BCUT2D eigenvalue weighted by Gasteiger charge is 2.45. The van der Waals surface area contributed by atoms with Crippen LogP contribution in [0.1, 0.15) is 40.2 Å². The van der Waals surface area contributed by atoms with Crippen LogP contribution in [0.3, 0.4) is 0 Å². The first kappa shape index (κ1) is 27.3. The van der Waals surface area contributed by atoms with Crippen LogP contribution >= 0.6 is 0 Å². The number of carbonyl (C=O) groups excluding carboxylic acids is 2. The summed E-state index contributed by atoms with van der Waals surface area (Å²) in [5.74, 6) is -2.10. The summed E-state index contributed by atoms with van der Waals surface area (Å²) in [6.07, 6.45) is 3.79. The topological polar surface area (TPSA) is 89.9 Å². The first-order chi connectivity index (χ1) is 19.2. The molecule has 1 N–H and O–H groups in total. The summed E-state index contributed by atoms with van der Waals surface area (Å²) in [7, 11) is 1.40. The fraction of sp³-hybridized carbons (Fsp3) is 0.345. The number of ether oxygens (including phenoxy) is 2. The third-order valence-corrected chi connectivity index (χ3v) is 7.31. The second-order valence-corrected chi connectivity index (χ2v) is 10.0. The van der Waals surface area contributed by atoms with E-state index in [1.54, 1.807) is 29.8 Å². The van der Waals surface area contributed by atoms with Crippen molar-refractivity contribution in [3.63, 3.8) is 0 Å². The van der Waals surface area contributed by atoms with Crippen LogP contribution in [0.25, 0.3) is 0 Å². The molecule has 2 fully saturated rings. The number of nitrogens with zero attached hydrogens (tertiary/aromatic N) is 2. The Hall–Kier alpha value is -4.28. The van der Waals surface area contributed by atoms with Gasteiger partial charge in [-0.15, -0.1) is 0 Å². The Kier molecular flexibility index (Phi) is 7.55. The zero-order valence-electron chi connectivity index (χ0n) is 21.9. The monoisotopic (exact) mass is 555 g/mol. The Morgan fingerprint density at radius 3 is 2.40 bits per heavy atom. The SMILES string of the molecule is COc1ccc([C@@H]2CN(c3c(C)ccn(CC4CC4)c3=O)C(=O)C2NC(=O)c2ccc(OC(F)F)cc2)c(F)c1. The van der Waals surface area contributed by atoms with Crippen LogP contribution in [-0.2, 0) is 11.3 Å². The number of hydrogen-bond donors (Lipinski definition) is 1. The lowest BCUT2D eigenvalue weighted by Crippen LogP contribution is -2.44. The van der Waals surface area contributed by atoms with E-state index in [-0.39, 0.29) is 40.4 Å². The van der Waals surface area contributed by atoms with Gasteiger partial charge in [0.25, 0.3) is 11.5 Å². The zero-order chi connectivity index (χ0) is 28.6. The van der Waals surface area contributed by atoms with Gasteiger partial charge in [0.1, 0.15) is 29.0 Å². The van der Waals surface area contributed by atoms with Gasteiger partial charge >= 0.3 is 6.61 Å². The highest BCUT2D eigenvalue weighted by Crippen LogP contribution is 2.35. The maximum Gasteiger partial charge on any atom is 0.387 e. The molecule has 1 saturated heterocycles. The number of aromatic nitrogens is 1. The molecule has 2 heterocycles. The molecule has 2 aromatic carbocycles. The number of halogens is 3. The summed E-state index contributed by atoms with van der Waals surface area (Å²) in [5, 5.41) is 2.68. The van der Waals surface area contributed by atoms with Gasteiger partial charge in [0, 0.05) is 36.8 Å². The maximum absolute atomic E-state index is 15.2. The van der Waals surface area contributed by atoms with Gasteiger partial charge in [-0.2, -0.15) is 8.78 Å². The number of alkyl halides is 2. The van der Waals surface area contributed by atoms with E-state index in [4.69, 9.17) is 4.74 Å². The van der Waals surface area contributed by atoms with Crippen molar-refractivity contribution in [2.45, 2.75) is 44.9 Å². The minimum Gasteiger partial charge on any atom is -0.497 e. The Bertz CT molecular complexity index is 1490. The van der Waals surface area contributed by atoms with Crippen molar-refractivity contribution < 1.29 is 32.2 Å². The normalized spacial score (nSPS) is 18.8. The number of aryl methyl sites for hydroxylation is 1. The summed E-state index contributed by atoms with van der Waals surface area (Å²) in [5.41, 5.74) is 0.716. The molecule has 0 spiro atoms. The summed E-state index contributed by atoms with van der Waals surface area (Å²) >= 11 is 0. The second-order valence-electron chi connectivity index (χ2n) is 10.0. The van der Waals surface area contributed by atoms with Gasteiger partial charge in [0.15, 0.2) is 0 Å². The molecular formula is C29H28F3N3O5. The van der Waals surface area contributed by atoms with Crippen LogP contribution < -0.4 is 25.2 Å². The predicted molar refractivity (Wildman–Crippen MR) is 141 cm³/mol. The number of methoxy groups -OCH3 is 1. The van der Waals surface area contributed by atoms with E-state index in [2.05, 4.69) is 10.1 Å². The molecule has 2 amide bonds. The largest absolute Gasteiger partial charge is 0.497 e. The molecule has 210 valence electrons. The molecule has 3 aromatic rings. The van der Waals surface area contributed by atoms with Gasteiger partial charge in [0.2, 0.25) is 5.91 Å². The van der Waals surface area contributed by atoms with Crippen LogP contribution in [-0.4, -0.2) is 42.7 Å². The molecule has 2 atom stereocenters. The van der Waals surface area contributed by atoms with Crippen LogP contribution in [0.5, 0.6) is 11.5 Å². The molecule has 1 aliphatic carbocycles. The first-order valence-electron chi connectivity index (χ1n) is 12.9. The van der Waals surface area contributed by atoms with E-state index < -0.39 is 36.2 Å². The van der Waals surface area contributed by atoms with E-state index in [9.17, 15) is 23.2 Å². The molecule has 2 aliphatic rings. The summed E-state index contributed by atoms with van der Waals surface area (Å²) < 4.78 is 51.2. The average Bonchev–Trinajstić information content (AvgIpc) is 3.70. The van der Waals surface area contributed by atoms with Gasteiger partial charge < -0.3 is 24.3 Å². The standard InChI is InChI=1S/C29H28F3N3O5/c1-16-11-12-34(14-17-3-4-17)28(38)25(16)35-15-22(21-10-9-20(39-2)13-23(21)30)24(27(35)37)33-26(36)18-5-7-19(8-6-18)40-29(31)32/h5-13,17,22,24,29H,3-4,14-15H2,1-2H3,(H,33,36)/t22-,24?/m0/s1. The number of anilines is 1.